The van der Waals surface area contributed by atoms with Crippen molar-refractivity contribution in [1.82, 2.24) is 5.32 Å². The molecule has 0 aromatic rings. The van der Waals surface area contributed by atoms with Crippen molar-refractivity contribution >= 4 is 19.9 Å². The van der Waals surface area contributed by atoms with Gasteiger partial charge in [0.05, 0.1) is 0 Å². The number of rotatable bonds is 9. The molecular formula is C14H29NO3S2. The van der Waals surface area contributed by atoms with Gasteiger partial charge in [-0.05, 0) is 47.9 Å². The molecule has 0 saturated heterocycles. The van der Waals surface area contributed by atoms with Gasteiger partial charge in [-0.2, -0.15) is 8.42 Å². The molecule has 0 bridgehead atoms. The Morgan fingerprint density at radius 1 is 1.20 bits per heavy atom. The first-order chi connectivity index (χ1) is 9.38. The largest absolute Gasteiger partial charge is 0.319 e. The second kappa shape index (κ2) is 9.28. The summed E-state index contributed by atoms with van der Waals surface area (Å²) in [6.45, 7) is 6.32. The zero-order valence-electron chi connectivity index (χ0n) is 12.7. The van der Waals surface area contributed by atoms with Gasteiger partial charge in [-0.1, -0.05) is 39.5 Å². The summed E-state index contributed by atoms with van der Waals surface area (Å²) in [7, 11) is -3.28. The lowest BCUT2D eigenvalue weighted by Crippen LogP contribution is -2.22. The summed E-state index contributed by atoms with van der Waals surface area (Å²) in [5.74, 6) is 3.07. The van der Waals surface area contributed by atoms with Crippen LogP contribution in [-0.4, -0.2) is 31.8 Å². The molecule has 6 heteroatoms. The van der Waals surface area contributed by atoms with E-state index in [1.165, 1.54) is 32.1 Å². The maximum absolute atomic E-state index is 10.5. The van der Waals surface area contributed by atoms with E-state index in [0.29, 0.717) is 23.1 Å². The van der Waals surface area contributed by atoms with Gasteiger partial charge < -0.3 is 5.32 Å². The summed E-state index contributed by atoms with van der Waals surface area (Å²) in [5, 5.41) is 3.22. The van der Waals surface area contributed by atoms with E-state index >= 15 is 0 Å². The van der Waals surface area contributed by atoms with E-state index in [1.807, 2.05) is 0 Å². The van der Waals surface area contributed by atoms with Crippen molar-refractivity contribution < 1.29 is 13.0 Å². The number of nitrogens with one attached hydrogen (secondary N) is 1. The molecule has 4 nitrogen and oxygen atoms in total. The highest BCUT2D eigenvalue weighted by atomic mass is 33.1. The molecule has 1 aliphatic carbocycles. The molecule has 1 rings (SSSR count). The average Bonchev–Trinajstić information content (AvgIpc) is 2.35. The third kappa shape index (κ3) is 8.49. The second-order valence-electron chi connectivity index (χ2n) is 6.15. The van der Waals surface area contributed by atoms with Gasteiger partial charge in [0.1, 0.15) is 0 Å². The fraction of sp³-hybridized carbons (Fsp3) is 1.00. The molecule has 0 spiro atoms. The van der Waals surface area contributed by atoms with Gasteiger partial charge in [-0.15, -0.1) is 0 Å². The molecule has 20 heavy (non-hydrogen) atoms. The molecule has 0 aromatic carbocycles. The van der Waals surface area contributed by atoms with Crippen molar-refractivity contribution in [3.05, 3.63) is 0 Å². The summed E-state index contributed by atoms with van der Waals surface area (Å²) < 4.78 is 29.5. The molecule has 1 fully saturated rings. The molecule has 3 atom stereocenters. The summed E-state index contributed by atoms with van der Waals surface area (Å²) in [5.41, 5.74) is 0. The zero-order chi connectivity index (χ0) is 15.0. The molecule has 1 aliphatic rings. The van der Waals surface area contributed by atoms with Gasteiger partial charge in [-0.25, -0.2) is 0 Å². The van der Waals surface area contributed by atoms with Crippen LogP contribution in [0, 0.1) is 17.8 Å². The van der Waals surface area contributed by atoms with Crippen LogP contribution >= 0.6 is 10.8 Å². The Labute approximate surface area is 127 Å². The van der Waals surface area contributed by atoms with Crippen molar-refractivity contribution in [3.63, 3.8) is 0 Å². The minimum Gasteiger partial charge on any atom is -0.316 e. The van der Waals surface area contributed by atoms with Crippen molar-refractivity contribution in [2.24, 2.45) is 17.8 Å². The Balaban J connectivity index is 1.96. The molecule has 0 heterocycles. The highest BCUT2D eigenvalue weighted by Gasteiger charge is 2.24. The highest BCUT2D eigenvalue weighted by molar-refractivity contribution is 8.69. The van der Waals surface area contributed by atoms with Crippen molar-refractivity contribution in [2.45, 2.75) is 52.4 Å². The normalized spacial score (nSPS) is 27.6. The van der Waals surface area contributed by atoms with Gasteiger partial charge in [-0.3, -0.25) is 4.55 Å². The molecule has 0 radical (unpaired) electrons. The molecule has 3 unspecified atom stereocenters. The Kier molecular flexibility index (Phi) is 8.48. The third-order valence-corrected chi connectivity index (χ3v) is 6.38. The lowest BCUT2D eigenvalue weighted by molar-refractivity contribution is 0.189. The fourth-order valence-electron chi connectivity index (χ4n) is 3.05. The predicted octanol–water partition coefficient (Wildman–Crippen LogP) is 3.35. The van der Waals surface area contributed by atoms with Gasteiger partial charge >= 0.3 is 9.15 Å². The second-order valence-corrected chi connectivity index (χ2v) is 9.62. The minimum atomic E-state index is -3.87. The van der Waals surface area contributed by atoms with Crippen LogP contribution < -0.4 is 5.32 Å². The SMILES string of the molecule is CC1CCC(C)C(CCCCNCCSS(=O)(=O)O)C1. The van der Waals surface area contributed by atoms with Crippen LogP contribution in [0.15, 0.2) is 0 Å². The Morgan fingerprint density at radius 2 is 1.95 bits per heavy atom. The van der Waals surface area contributed by atoms with E-state index in [4.69, 9.17) is 4.55 Å². The Morgan fingerprint density at radius 3 is 2.65 bits per heavy atom. The van der Waals surface area contributed by atoms with Crippen molar-refractivity contribution in [2.75, 3.05) is 18.8 Å². The average molecular weight is 324 g/mol. The monoisotopic (exact) mass is 323 g/mol. The van der Waals surface area contributed by atoms with Gasteiger partial charge in [0.2, 0.25) is 0 Å². The van der Waals surface area contributed by atoms with Gasteiger partial charge in [0.15, 0.2) is 0 Å². The van der Waals surface area contributed by atoms with E-state index in [2.05, 4.69) is 19.2 Å². The summed E-state index contributed by atoms with van der Waals surface area (Å²) >= 11 is 0. The topological polar surface area (TPSA) is 66.4 Å². The molecule has 0 aromatic heterocycles. The van der Waals surface area contributed by atoms with E-state index in [-0.39, 0.29) is 0 Å². The number of hydrogen-bond donors (Lipinski definition) is 2. The minimum absolute atomic E-state index is 0.399. The van der Waals surface area contributed by atoms with Crippen LogP contribution in [0.4, 0.5) is 0 Å². The first-order valence-electron chi connectivity index (χ1n) is 7.71. The molecule has 120 valence electrons. The van der Waals surface area contributed by atoms with Crippen LogP contribution in [0.3, 0.4) is 0 Å². The summed E-state index contributed by atoms with van der Waals surface area (Å²) in [6, 6.07) is 0. The highest BCUT2D eigenvalue weighted by Crippen LogP contribution is 2.36. The van der Waals surface area contributed by atoms with E-state index in [9.17, 15) is 8.42 Å². The standard InChI is InChI=1S/C14H29NO3S2/c1-12-6-7-13(2)14(11-12)5-3-4-8-15-9-10-19-20(16,17)18/h12-15H,3-11H2,1-2H3,(H,16,17,18). The van der Waals surface area contributed by atoms with Crippen molar-refractivity contribution in [1.29, 1.82) is 0 Å². The van der Waals surface area contributed by atoms with E-state index in [0.717, 1.165) is 30.7 Å². The molecule has 0 amide bonds. The smallest absolute Gasteiger partial charge is 0.316 e. The fourth-order valence-corrected chi connectivity index (χ4v) is 4.37. The van der Waals surface area contributed by atoms with Gasteiger partial charge in [0, 0.05) is 12.3 Å². The quantitative estimate of drug-likeness (QED) is 0.387. The van der Waals surface area contributed by atoms with E-state index in [1.54, 1.807) is 0 Å². The third-order valence-electron chi connectivity index (χ3n) is 4.31. The summed E-state index contributed by atoms with van der Waals surface area (Å²) in [4.78, 5) is 0. The van der Waals surface area contributed by atoms with Crippen LogP contribution in [0.5, 0.6) is 0 Å². The summed E-state index contributed by atoms with van der Waals surface area (Å²) in [6.07, 6.45) is 7.89. The van der Waals surface area contributed by atoms with Crippen molar-refractivity contribution in [3.8, 4) is 0 Å². The predicted molar refractivity (Wildman–Crippen MR) is 86.4 cm³/mol. The number of hydrogen-bond acceptors (Lipinski definition) is 4. The maximum atomic E-state index is 10.5. The number of unbranched alkanes of at least 4 members (excludes halogenated alkanes) is 1. The lowest BCUT2D eigenvalue weighted by atomic mass is 9.73. The maximum Gasteiger partial charge on any atom is 0.319 e. The first kappa shape index (κ1) is 18.3. The van der Waals surface area contributed by atoms with E-state index < -0.39 is 9.15 Å². The molecule has 2 N–H and O–H groups in total. The van der Waals surface area contributed by atoms with Crippen LogP contribution in [-0.2, 0) is 9.15 Å². The molecule has 1 saturated carbocycles. The first-order valence-corrected chi connectivity index (χ1v) is 10.7. The molecule has 0 aliphatic heterocycles. The van der Waals surface area contributed by atoms with Crippen LogP contribution in [0.25, 0.3) is 0 Å². The van der Waals surface area contributed by atoms with Crippen LogP contribution in [0.2, 0.25) is 0 Å². The van der Waals surface area contributed by atoms with Crippen LogP contribution in [0.1, 0.15) is 52.4 Å². The Bertz CT molecular complexity index is 359. The Hall–Kier alpha value is 0.220. The van der Waals surface area contributed by atoms with Gasteiger partial charge in [0.25, 0.3) is 0 Å². The zero-order valence-corrected chi connectivity index (χ0v) is 14.3. The molecular weight excluding hydrogens is 294 g/mol. The lowest BCUT2D eigenvalue weighted by Gasteiger charge is -2.32.